The van der Waals surface area contributed by atoms with Gasteiger partial charge in [0.05, 0.1) is 17.9 Å². The monoisotopic (exact) mass is 440 g/mol. The summed E-state index contributed by atoms with van der Waals surface area (Å²) in [4.78, 5) is 28.5. The molecule has 3 aromatic rings. The molecule has 5 heteroatoms. The molecule has 5 nitrogen and oxygen atoms in total. The lowest BCUT2D eigenvalue weighted by Gasteiger charge is -2.17. The SMILES string of the molecule is CCOc1ccc(NC2=C(c3ccc(C)c(C)c3)C(=O)N(c3ccc(C)c(C)c3)C2=O)cc1. The second-order valence-corrected chi connectivity index (χ2v) is 8.35. The molecule has 0 fully saturated rings. The van der Waals surface area contributed by atoms with E-state index in [4.69, 9.17) is 4.74 Å². The van der Waals surface area contributed by atoms with Crippen molar-refractivity contribution in [1.82, 2.24) is 0 Å². The second-order valence-electron chi connectivity index (χ2n) is 8.35. The van der Waals surface area contributed by atoms with Crippen LogP contribution in [0.4, 0.5) is 11.4 Å². The number of amides is 2. The molecule has 0 saturated heterocycles. The van der Waals surface area contributed by atoms with Crippen LogP contribution in [-0.2, 0) is 9.59 Å². The molecule has 0 bridgehead atoms. The first kappa shape index (κ1) is 22.3. The molecule has 0 aliphatic carbocycles. The highest BCUT2D eigenvalue weighted by atomic mass is 16.5. The predicted molar refractivity (Wildman–Crippen MR) is 132 cm³/mol. The fourth-order valence-corrected chi connectivity index (χ4v) is 3.86. The summed E-state index contributed by atoms with van der Waals surface area (Å²) >= 11 is 0. The summed E-state index contributed by atoms with van der Waals surface area (Å²) in [5, 5.41) is 3.21. The zero-order valence-electron chi connectivity index (χ0n) is 19.7. The van der Waals surface area contributed by atoms with Crippen molar-refractivity contribution in [2.75, 3.05) is 16.8 Å². The molecule has 0 atom stereocenters. The van der Waals surface area contributed by atoms with Gasteiger partial charge in [-0.25, -0.2) is 4.90 Å². The first-order chi connectivity index (χ1) is 15.8. The normalized spacial score (nSPS) is 13.7. The van der Waals surface area contributed by atoms with E-state index < -0.39 is 0 Å². The number of nitrogens with one attached hydrogen (secondary N) is 1. The van der Waals surface area contributed by atoms with Crippen molar-refractivity contribution in [3.05, 3.63) is 94.2 Å². The van der Waals surface area contributed by atoms with Crippen molar-refractivity contribution in [2.24, 2.45) is 0 Å². The minimum atomic E-state index is -0.370. The van der Waals surface area contributed by atoms with Crippen molar-refractivity contribution in [1.29, 1.82) is 0 Å². The highest BCUT2D eigenvalue weighted by Crippen LogP contribution is 2.35. The van der Waals surface area contributed by atoms with Crippen molar-refractivity contribution in [3.63, 3.8) is 0 Å². The summed E-state index contributed by atoms with van der Waals surface area (Å²) in [7, 11) is 0. The summed E-state index contributed by atoms with van der Waals surface area (Å²) < 4.78 is 5.51. The molecule has 0 spiro atoms. The van der Waals surface area contributed by atoms with Crippen molar-refractivity contribution in [3.8, 4) is 5.75 Å². The van der Waals surface area contributed by atoms with Gasteiger partial charge in [-0.15, -0.1) is 0 Å². The molecule has 0 radical (unpaired) electrons. The third-order valence-electron chi connectivity index (χ3n) is 6.06. The van der Waals surface area contributed by atoms with Gasteiger partial charge in [0.2, 0.25) is 0 Å². The highest BCUT2D eigenvalue weighted by Gasteiger charge is 2.40. The lowest BCUT2D eigenvalue weighted by atomic mass is 9.99. The number of benzene rings is 3. The van der Waals surface area contributed by atoms with Gasteiger partial charge < -0.3 is 10.1 Å². The maximum atomic E-state index is 13.6. The number of ether oxygens (including phenoxy) is 1. The van der Waals surface area contributed by atoms with Crippen LogP contribution in [0.3, 0.4) is 0 Å². The van der Waals surface area contributed by atoms with Crippen molar-refractivity contribution >= 4 is 28.8 Å². The van der Waals surface area contributed by atoms with Crippen LogP contribution in [0.5, 0.6) is 5.75 Å². The van der Waals surface area contributed by atoms with Gasteiger partial charge in [0.25, 0.3) is 11.8 Å². The van der Waals surface area contributed by atoms with Crippen molar-refractivity contribution < 1.29 is 14.3 Å². The van der Waals surface area contributed by atoms with Crippen LogP contribution in [0.25, 0.3) is 5.57 Å². The number of hydrogen-bond donors (Lipinski definition) is 1. The van der Waals surface area contributed by atoms with E-state index in [-0.39, 0.29) is 17.5 Å². The average Bonchev–Trinajstić information content (AvgIpc) is 3.03. The number of rotatable bonds is 6. The summed E-state index contributed by atoms with van der Waals surface area (Å²) in [5.74, 6) is 0.0438. The van der Waals surface area contributed by atoms with E-state index in [1.54, 1.807) is 0 Å². The van der Waals surface area contributed by atoms with Gasteiger partial charge in [0, 0.05) is 5.69 Å². The third kappa shape index (κ3) is 4.27. The number of hydrogen-bond acceptors (Lipinski definition) is 4. The third-order valence-corrected chi connectivity index (χ3v) is 6.06. The molecule has 33 heavy (non-hydrogen) atoms. The Kier molecular flexibility index (Phi) is 6.05. The number of aryl methyl sites for hydroxylation is 4. The summed E-state index contributed by atoms with van der Waals surface area (Å²) in [6.45, 7) is 10.5. The Labute approximate surface area is 194 Å². The molecule has 1 heterocycles. The second kappa shape index (κ2) is 8.94. The molecule has 0 unspecified atom stereocenters. The molecule has 3 aromatic carbocycles. The Hall–Kier alpha value is -3.86. The smallest absolute Gasteiger partial charge is 0.282 e. The molecule has 1 N–H and O–H groups in total. The predicted octanol–water partition coefficient (Wildman–Crippen LogP) is 5.72. The van der Waals surface area contributed by atoms with E-state index in [9.17, 15) is 9.59 Å². The topological polar surface area (TPSA) is 58.6 Å². The molecule has 1 aliphatic heterocycles. The number of imide groups is 1. The van der Waals surface area contributed by atoms with E-state index in [2.05, 4.69) is 5.32 Å². The number of nitrogens with zero attached hydrogens (tertiary/aromatic N) is 1. The maximum absolute atomic E-state index is 13.6. The molecule has 0 saturated carbocycles. The average molecular weight is 441 g/mol. The van der Waals surface area contributed by atoms with E-state index in [0.29, 0.717) is 23.6 Å². The maximum Gasteiger partial charge on any atom is 0.282 e. The van der Waals surface area contributed by atoms with Gasteiger partial charge in [-0.1, -0.05) is 24.3 Å². The molecule has 1 aliphatic rings. The first-order valence-corrected chi connectivity index (χ1v) is 11.1. The van der Waals surface area contributed by atoms with E-state index in [1.807, 2.05) is 95.3 Å². The summed E-state index contributed by atoms with van der Waals surface area (Å²) in [5.41, 5.74) is 6.95. The fourth-order valence-electron chi connectivity index (χ4n) is 3.86. The Balaban J connectivity index is 1.79. The van der Waals surface area contributed by atoms with E-state index >= 15 is 0 Å². The van der Waals surface area contributed by atoms with Crippen LogP contribution in [0.1, 0.15) is 34.7 Å². The lowest BCUT2D eigenvalue weighted by molar-refractivity contribution is -0.120. The zero-order chi connectivity index (χ0) is 23.7. The van der Waals surface area contributed by atoms with Crippen molar-refractivity contribution in [2.45, 2.75) is 34.6 Å². The number of carbonyl (C=O) groups excluding carboxylic acids is 2. The van der Waals surface area contributed by atoms with Gasteiger partial charge in [0.1, 0.15) is 11.4 Å². The Bertz CT molecular complexity index is 1270. The van der Waals surface area contributed by atoms with Gasteiger partial charge in [-0.05, 0) is 98.8 Å². The van der Waals surface area contributed by atoms with Crippen LogP contribution in [0.2, 0.25) is 0 Å². The van der Waals surface area contributed by atoms with Crippen LogP contribution >= 0.6 is 0 Å². The first-order valence-electron chi connectivity index (χ1n) is 11.1. The fraction of sp³-hybridized carbons (Fsp3) is 0.214. The van der Waals surface area contributed by atoms with Gasteiger partial charge in [-0.2, -0.15) is 0 Å². The molecule has 2 amide bonds. The standard InChI is InChI=1S/C28H28N2O3/c1-6-33-24-13-10-22(11-14-24)29-26-25(21-9-7-17(2)19(4)15-21)27(31)30(28(26)32)23-12-8-18(3)20(5)16-23/h7-16,29H,6H2,1-5H3. The Morgan fingerprint density at radius 2 is 1.39 bits per heavy atom. The molecule has 168 valence electrons. The minimum absolute atomic E-state index is 0.269. The van der Waals surface area contributed by atoms with Gasteiger partial charge in [0.15, 0.2) is 0 Å². The van der Waals surface area contributed by atoms with Crippen LogP contribution < -0.4 is 15.0 Å². The largest absolute Gasteiger partial charge is 0.494 e. The Morgan fingerprint density at radius 3 is 2.00 bits per heavy atom. The molecule has 0 aromatic heterocycles. The molecule has 4 rings (SSSR count). The minimum Gasteiger partial charge on any atom is -0.494 e. The Morgan fingerprint density at radius 1 is 0.758 bits per heavy atom. The van der Waals surface area contributed by atoms with E-state index in [0.717, 1.165) is 33.6 Å². The van der Waals surface area contributed by atoms with Crippen LogP contribution in [0, 0.1) is 27.7 Å². The zero-order valence-corrected chi connectivity index (χ0v) is 19.7. The van der Waals surface area contributed by atoms with E-state index in [1.165, 1.54) is 4.90 Å². The number of anilines is 2. The van der Waals surface area contributed by atoms with Gasteiger partial charge >= 0.3 is 0 Å². The highest BCUT2D eigenvalue weighted by molar-refractivity contribution is 6.46. The quantitative estimate of drug-likeness (QED) is 0.499. The molecular formula is C28H28N2O3. The summed E-state index contributed by atoms with van der Waals surface area (Å²) in [6, 6.07) is 18.8. The summed E-state index contributed by atoms with van der Waals surface area (Å²) in [6.07, 6.45) is 0. The number of carbonyl (C=O) groups is 2. The van der Waals surface area contributed by atoms with Crippen LogP contribution in [-0.4, -0.2) is 18.4 Å². The van der Waals surface area contributed by atoms with Gasteiger partial charge in [-0.3, -0.25) is 9.59 Å². The van der Waals surface area contributed by atoms with Crippen LogP contribution in [0.15, 0.2) is 66.4 Å². The lowest BCUT2D eigenvalue weighted by Crippen LogP contribution is -2.32. The molecular weight excluding hydrogens is 412 g/mol.